The molecule has 0 spiro atoms. The predicted molar refractivity (Wildman–Crippen MR) is 74.6 cm³/mol. The topological polar surface area (TPSA) is 29.1 Å². The average Bonchev–Trinajstić information content (AvgIpc) is 2.40. The van der Waals surface area contributed by atoms with Gasteiger partial charge in [0.15, 0.2) is 0 Å². The molecule has 0 saturated carbocycles. The van der Waals surface area contributed by atoms with Gasteiger partial charge in [0.1, 0.15) is 5.82 Å². The van der Waals surface area contributed by atoms with Crippen molar-refractivity contribution in [3.05, 3.63) is 58.9 Å². The molecule has 0 heterocycles. The van der Waals surface area contributed by atoms with Gasteiger partial charge < -0.3 is 5.32 Å². The maximum absolute atomic E-state index is 13.8. The normalized spacial score (nSPS) is 10.3. The van der Waals surface area contributed by atoms with Crippen molar-refractivity contribution in [3.63, 3.8) is 0 Å². The minimum absolute atomic E-state index is 0.0586. The monoisotopic (exact) mass is 277 g/mol. The van der Waals surface area contributed by atoms with Crippen molar-refractivity contribution in [2.75, 3.05) is 7.05 Å². The van der Waals surface area contributed by atoms with Crippen LogP contribution < -0.4 is 5.32 Å². The van der Waals surface area contributed by atoms with Crippen molar-refractivity contribution in [2.45, 2.75) is 6.42 Å². The molecule has 2 aromatic carbocycles. The third-order valence-electron chi connectivity index (χ3n) is 2.85. The summed E-state index contributed by atoms with van der Waals surface area (Å²) in [4.78, 5) is 11.3. The summed E-state index contributed by atoms with van der Waals surface area (Å²) < 4.78 is 13.8. The third kappa shape index (κ3) is 3.12. The van der Waals surface area contributed by atoms with Gasteiger partial charge in [0.25, 0.3) is 0 Å². The predicted octanol–water partition coefficient (Wildman–Crippen LogP) is 3.43. The van der Waals surface area contributed by atoms with Gasteiger partial charge in [-0.15, -0.1) is 0 Å². The quantitative estimate of drug-likeness (QED) is 0.915. The first-order chi connectivity index (χ1) is 9.11. The number of nitrogens with one attached hydrogen (secondary N) is 1. The molecule has 0 bridgehead atoms. The molecular formula is C15H13ClFNO. The van der Waals surface area contributed by atoms with Gasteiger partial charge in [-0.05, 0) is 23.3 Å². The second-order valence-electron chi connectivity index (χ2n) is 4.14. The lowest BCUT2D eigenvalue weighted by atomic mass is 10.0. The molecule has 2 aromatic rings. The molecule has 98 valence electrons. The van der Waals surface area contributed by atoms with Crippen molar-refractivity contribution in [2.24, 2.45) is 0 Å². The first-order valence-electron chi connectivity index (χ1n) is 5.85. The standard InChI is InChI=1S/C15H13ClFNO/c1-18-14(19)9-10-5-7-11(8-6-10)15-12(16)3-2-4-13(15)17/h2-8H,9H2,1H3,(H,18,19). The highest BCUT2D eigenvalue weighted by Crippen LogP contribution is 2.30. The van der Waals surface area contributed by atoms with Crippen molar-refractivity contribution in [1.82, 2.24) is 5.32 Å². The van der Waals surface area contributed by atoms with E-state index < -0.39 is 0 Å². The van der Waals surface area contributed by atoms with Crippen molar-refractivity contribution in [1.29, 1.82) is 0 Å². The summed E-state index contributed by atoms with van der Waals surface area (Å²) in [5, 5.41) is 2.93. The minimum atomic E-state index is -0.355. The highest BCUT2D eigenvalue weighted by Gasteiger charge is 2.09. The smallest absolute Gasteiger partial charge is 0.224 e. The Bertz CT molecular complexity index is 575. The van der Waals surface area contributed by atoms with E-state index in [2.05, 4.69) is 5.32 Å². The summed E-state index contributed by atoms with van der Waals surface area (Å²) in [6, 6.07) is 11.7. The van der Waals surface area contributed by atoms with Gasteiger partial charge in [-0.3, -0.25) is 4.79 Å². The van der Waals surface area contributed by atoms with Crippen LogP contribution in [0.5, 0.6) is 0 Å². The van der Waals surface area contributed by atoms with Crippen molar-refractivity contribution in [3.8, 4) is 11.1 Å². The number of benzene rings is 2. The Balaban J connectivity index is 2.30. The molecular weight excluding hydrogens is 265 g/mol. The van der Waals surface area contributed by atoms with E-state index in [1.165, 1.54) is 6.07 Å². The van der Waals surface area contributed by atoms with Crippen LogP contribution in [0, 0.1) is 5.82 Å². The summed E-state index contributed by atoms with van der Waals surface area (Å²) in [5.41, 5.74) is 1.95. The van der Waals surface area contributed by atoms with Crippen LogP contribution in [0.1, 0.15) is 5.56 Å². The maximum atomic E-state index is 13.8. The molecule has 0 unspecified atom stereocenters. The summed E-state index contributed by atoms with van der Waals surface area (Å²) in [6.45, 7) is 0. The van der Waals surface area contributed by atoms with E-state index in [9.17, 15) is 9.18 Å². The molecule has 2 rings (SSSR count). The molecule has 4 heteroatoms. The Morgan fingerprint density at radius 3 is 2.47 bits per heavy atom. The Morgan fingerprint density at radius 1 is 1.21 bits per heavy atom. The molecule has 0 saturated heterocycles. The molecule has 0 atom stereocenters. The Labute approximate surface area is 116 Å². The van der Waals surface area contributed by atoms with Crippen molar-refractivity contribution < 1.29 is 9.18 Å². The van der Waals surface area contributed by atoms with E-state index in [1.54, 1.807) is 43.4 Å². The van der Waals surface area contributed by atoms with E-state index >= 15 is 0 Å². The lowest BCUT2D eigenvalue weighted by Crippen LogP contribution is -2.19. The van der Waals surface area contributed by atoms with Gasteiger partial charge in [0.2, 0.25) is 5.91 Å². The molecule has 0 fully saturated rings. The second-order valence-corrected chi connectivity index (χ2v) is 4.55. The van der Waals surface area contributed by atoms with Crippen LogP contribution in [0.25, 0.3) is 11.1 Å². The first-order valence-corrected chi connectivity index (χ1v) is 6.23. The lowest BCUT2D eigenvalue weighted by molar-refractivity contribution is -0.119. The minimum Gasteiger partial charge on any atom is -0.359 e. The van der Waals surface area contributed by atoms with Gasteiger partial charge in [-0.2, -0.15) is 0 Å². The molecule has 1 amide bonds. The largest absolute Gasteiger partial charge is 0.359 e. The summed E-state index contributed by atoms with van der Waals surface area (Å²) in [6.07, 6.45) is 0.307. The van der Waals surface area contributed by atoms with Crippen LogP contribution in [0.4, 0.5) is 4.39 Å². The molecule has 0 aliphatic heterocycles. The molecule has 0 radical (unpaired) electrons. The number of hydrogen-bond acceptors (Lipinski definition) is 1. The zero-order valence-electron chi connectivity index (χ0n) is 10.4. The Kier molecular flexibility index (Phi) is 4.17. The third-order valence-corrected chi connectivity index (χ3v) is 3.16. The fourth-order valence-corrected chi connectivity index (χ4v) is 2.11. The van der Waals surface area contributed by atoms with E-state index in [0.29, 0.717) is 22.6 Å². The highest BCUT2D eigenvalue weighted by atomic mass is 35.5. The number of hydrogen-bond donors (Lipinski definition) is 1. The number of amides is 1. The summed E-state index contributed by atoms with van der Waals surface area (Å²) in [5.74, 6) is -0.414. The molecule has 1 N–H and O–H groups in total. The second kappa shape index (κ2) is 5.85. The molecule has 0 aromatic heterocycles. The number of likely N-dealkylation sites (N-methyl/N-ethyl adjacent to an activating group) is 1. The lowest BCUT2D eigenvalue weighted by Gasteiger charge is -2.07. The average molecular weight is 278 g/mol. The Morgan fingerprint density at radius 2 is 1.89 bits per heavy atom. The van der Waals surface area contributed by atoms with Crippen LogP contribution in [-0.2, 0) is 11.2 Å². The first kappa shape index (κ1) is 13.6. The van der Waals surface area contributed by atoms with E-state index in [1.807, 2.05) is 0 Å². The van der Waals surface area contributed by atoms with Gasteiger partial charge in [-0.1, -0.05) is 41.9 Å². The molecule has 0 aliphatic carbocycles. The fraction of sp³-hybridized carbons (Fsp3) is 0.133. The van der Waals surface area contributed by atoms with E-state index in [-0.39, 0.29) is 11.7 Å². The molecule has 2 nitrogen and oxygen atoms in total. The number of carbonyl (C=O) groups is 1. The number of halogens is 2. The zero-order valence-corrected chi connectivity index (χ0v) is 11.2. The molecule has 0 aliphatic rings. The van der Waals surface area contributed by atoms with E-state index in [0.717, 1.165) is 5.56 Å². The maximum Gasteiger partial charge on any atom is 0.224 e. The van der Waals surface area contributed by atoms with Gasteiger partial charge in [-0.25, -0.2) is 4.39 Å². The number of carbonyl (C=O) groups excluding carboxylic acids is 1. The number of rotatable bonds is 3. The van der Waals surface area contributed by atoms with Gasteiger partial charge >= 0.3 is 0 Å². The zero-order chi connectivity index (χ0) is 13.8. The van der Waals surface area contributed by atoms with Crippen LogP contribution in [0.2, 0.25) is 5.02 Å². The van der Waals surface area contributed by atoms with Crippen LogP contribution in [-0.4, -0.2) is 13.0 Å². The van der Waals surface area contributed by atoms with E-state index in [4.69, 9.17) is 11.6 Å². The van der Waals surface area contributed by atoms with Crippen molar-refractivity contribution >= 4 is 17.5 Å². The van der Waals surface area contributed by atoms with Gasteiger partial charge in [0, 0.05) is 12.6 Å². The summed E-state index contributed by atoms with van der Waals surface area (Å²) in [7, 11) is 1.59. The fourth-order valence-electron chi connectivity index (χ4n) is 1.84. The highest BCUT2D eigenvalue weighted by molar-refractivity contribution is 6.33. The molecule has 19 heavy (non-hydrogen) atoms. The Hall–Kier alpha value is -1.87. The SMILES string of the molecule is CNC(=O)Cc1ccc(-c2c(F)cccc2Cl)cc1. The summed E-state index contributed by atoms with van der Waals surface area (Å²) >= 11 is 6.01. The van der Waals surface area contributed by atoms with Gasteiger partial charge in [0.05, 0.1) is 11.4 Å². The van der Waals surface area contributed by atoms with Crippen LogP contribution in [0.15, 0.2) is 42.5 Å². The van der Waals surface area contributed by atoms with Crippen LogP contribution in [0.3, 0.4) is 0 Å². The van der Waals surface area contributed by atoms with Crippen LogP contribution >= 0.6 is 11.6 Å².